The van der Waals surface area contributed by atoms with Crippen molar-refractivity contribution in [3.63, 3.8) is 0 Å². The molecule has 0 spiro atoms. The molecule has 0 amide bonds. The summed E-state index contributed by atoms with van der Waals surface area (Å²) < 4.78 is 10.3. The number of hydrogen-bond donors (Lipinski definition) is 0. The summed E-state index contributed by atoms with van der Waals surface area (Å²) >= 11 is 0. The Kier molecular flexibility index (Phi) is 5.09. The van der Waals surface area contributed by atoms with Gasteiger partial charge in [0.2, 0.25) is 5.82 Å². The van der Waals surface area contributed by atoms with Crippen LogP contribution in [0.3, 0.4) is 0 Å². The molecular formula is C20H17N3O3. The van der Waals surface area contributed by atoms with Gasteiger partial charge in [-0.3, -0.25) is 0 Å². The summed E-state index contributed by atoms with van der Waals surface area (Å²) in [5.41, 5.74) is 2.75. The average Bonchev–Trinajstić information content (AvgIpc) is 3.15. The van der Waals surface area contributed by atoms with E-state index < -0.39 is 5.97 Å². The summed E-state index contributed by atoms with van der Waals surface area (Å²) in [6, 6.07) is 16.2. The maximum Gasteiger partial charge on any atom is 0.338 e. The van der Waals surface area contributed by atoms with Crippen LogP contribution in [0.25, 0.3) is 11.4 Å². The molecule has 26 heavy (non-hydrogen) atoms. The zero-order valence-corrected chi connectivity index (χ0v) is 14.5. The number of nitriles is 1. The van der Waals surface area contributed by atoms with Gasteiger partial charge in [-0.05, 0) is 29.7 Å². The Morgan fingerprint density at radius 2 is 2.00 bits per heavy atom. The Morgan fingerprint density at radius 3 is 2.69 bits per heavy atom. The van der Waals surface area contributed by atoms with Crippen LogP contribution in [0.2, 0.25) is 0 Å². The third-order valence-electron chi connectivity index (χ3n) is 3.86. The molecule has 0 saturated carbocycles. The minimum atomic E-state index is -0.553. The molecule has 0 saturated heterocycles. The highest BCUT2D eigenvalue weighted by atomic mass is 16.6. The minimum Gasteiger partial charge on any atom is -0.452 e. The molecule has 1 heterocycles. The summed E-state index contributed by atoms with van der Waals surface area (Å²) in [5, 5.41) is 12.8. The first-order valence-corrected chi connectivity index (χ1v) is 8.17. The molecule has 0 aliphatic carbocycles. The number of ether oxygens (including phenoxy) is 1. The molecule has 6 heteroatoms. The molecular weight excluding hydrogens is 330 g/mol. The zero-order valence-electron chi connectivity index (χ0n) is 14.5. The summed E-state index contributed by atoms with van der Waals surface area (Å²) in [7, 11) is 0. The predicted octanol–water partition coefficient (Wildman–Crippen LogP) is 4.09. The van der Waals surface area contributed by atoms with E-state index in [1.165, 1.54) is 11.6 Å². The second-order valence-electron chi connectivity index (χ2n) is 6.06. The van der Waals surface area contributed by atoms with Crippen LogP contribution < -0.4 is 0 Å². The van der Waals surface area contributed by atoms with Crippen LogP contribution >= 0.6 is 0 Å². The molecule has 0 fully saturated rings. The lowest BCUT2D eigenvalue weighted by atomic mass is 10.0. The van der Waals surface area contributed by atoms with Crippen LogP contribution in [0.5, 0.6) is 0 Å². The first-order chi connectivity index (χ1) is 12.6. The van der Waals surface area contributed by atoms with Crippen LogP contribution in [0, 0.1) is 11.3 Å². The van der Waals surface area contributed by atoms with Crippen LogP contribution in [-0.2, 0) is 11.3 Å². The third-order valence-corrected chi connectivity index (χ3v) is 3.86. The Bertz CT molecular complexity index is 953. The number of nitrogens with zero attached hydrogens (tertiary/aromatic N) is 3. The predicted molar refractivity (Wildman–Crippen MR) is 94.1 cm³/mol. The van der Waals surface area contributed by atoms with Gasteiger partial charge in [-0.1, -0.05) is 49.3 Å². The van der Waals surface area contributed by atoms with Gasteiger partial charge in [-0.25, -0.2) is 4.79 Å². The normalized spacial score (nSPS) is 10.5. The average molecular weight is 347 g/mol. The molecule has 3 rings (SSSR count). The summed E-state index contributed by atoms with van der Waals surface area (Å²) in [4.78, 5) is 16.3. The topological polar surface area (TPSA) is 89.0 Å². The van der Waals surface area contributed by atoms with E-state index in [0.717, 1.165) is 5.56 Å². The fraction of sp³-hybridized carbons (Fsp3) is 0.200. The van der Waals surface area contributed by atoms with E-state index in [9.17, 15) is 4.79 Å². The van der Waals surface area contributed by atoms with Gasteiger partial charge >= 0.3 is 5.97 Å². The van der Waals surface area contributed by atoms with Crippen molar-refractivity contribution < 1.29 is 14.1 Å². The zero-order chi connectivity index (χ0) is 18.5. The van der Waals surface area contributed by atoms with Crippen LogP contribution in [-0.4, -0.2) is 16.1 Å². The van der Waals surface area contributed by atoms with Crippen molar-refractivity contribution in [1.82, 2.24) is 10.1 Å². The largest absolute Gasteiger partial charge is 0.452 e. The first-order valence-electron chi connectivity index (χ1n) is 8.17. The lowest BCUT2D eigenvalue weighted by Crippen LogP contribution is -2.05. The number of carbonyl (C=O) groups excluding carboxylic acids is 1. The number of rotatable bonds is 5. The molecule has 0 unspecified atom stereocenters. The highest BCUT2D eigenvalue weighted by Gasteiger charge is 2.13. The highest BCUT2D eigenvalue weighted by Crippen LogP contribution is 2.20. The van der Waals surface area contributed by atoms with E-state index in [1.54, 1.807) is 18.2 Å². The van der Waals surface area contributed by atoms with Crippen LogP contribution in [0.4, 0.5) is 0 Å². The summed E-state index contributed by atoms with van der Waals surface area (Å²) in [5.74, 6) is 0.544. The van der Waals surface area contributed by atoms with Gasteiger partial charge in [-0.15, -0.1) is 0 Å². The van der Waals surface area contributed by atoms with Crippen molar-refractivity contribution in [2.45, 2.75) is 26.4 Å². The molecule has 0 aliphatic heterocycles. The second-order valence-corrected chi connectivity index (χ2v) is 6.06. The SMILES string of the molecule is CC(C)c1ccc(-c2noc(COC(=O)c3cccc(C#N)c3)n2)cc1. The van der Waals surface area contributed by atoms with E-state index in [-0.39, 0.29) is 12.5 Å². The maximum atomic E-state index is 12.0. The van der Waals surface area contributed by atoms with E-state index in [4.69, 9.17) is 14.5 Å². The fourth-order valence-electron chi connectivity index (χ4n) is 2.37. The molecule has 2 aromatic carbocycles. The number of aromatic nitrogens is 2. The molecule has 3 aromatic rings. The quantitative estimate of drug-likeness (QED) is 0.646. The molecule has 0 radical (unpaired) electrons. The molecule has 6 nitrogen and oxygen atoms in total. The molecule has 0 aliphatic rings. The van der Waals surface area contributed by atoms with E-state index >= 15 is 0 Å². The van der Waals surface area contributed by atoms with Crippen molar-refractivity contribution in [3.05, 3.63) is 71.1 Å². The van der Waals surface area contributed by atoms with Gasteiger partial charge in [0.15, 0.2) is 6.61 Å². The molecule has 0 bridgehead atoms. The lowest BCUT2D eigenvalue weighted by Gasteiger charge is -2.04. The number of carbonyl (C=O) groups is 1. The first kappa shape index (κ1) is 17.4. The molecule has 0 atom stereocenters. The fourth-order valence-corrected chi connectivity index (χ4v) is 2.37. The third kappa shape index (κ3) is 3.95. The number of benzene rings is 2. The standard InChI is InChI=1S/C20H17N3O3/c1-13(2)15-6-8-16(9-7-15)19-22-18(26-23-19)12-25-20(24)17-5-3-4-14(10-17)11-21/h3-10,13H,12H2,1-2H3. The van der Waals surface area contributed by atoms with E-state index in [2.05, 4.69) is 24.0 Å². The number of hydrogen-bond acceptors (Lipinski definition) is 6. The van der Waals surface area contributed by atoms with Gasteiger partial charge < -0.3 is 9.26 Å². The van der Waals surface area contributed by atoms with Crippen molar-refractivity contribution in [1.29, 1.82) is 5.26 Å². The van der Waals surface area contributed by atoms with Crippen molar-refractivity contribution in [3.8, 4) is 17.5 Å². The second kappa shape index (κ2) is 7.62. The lowest BCUT2D eigenvalue weighted by molar-refractivity contribution is 0.0430. The van der Waals surface area contributed by atoms with Crippen molar-refractivity contribution >= 4 is 5.97 Å². The Hall–Kier alpha value is -3.46. The Morgan fingerprint density at radius 1 is 1.23 bits per heavy atom. The monoisotopic (exact) mass is 347 g/mol. The minimum absolute atomic E-state index is 0.132. The van der Waals surface area contributed by atoms with Gasteiger partial charge in [0.05, 0.1) is 17.2 Å². The Balaban J connectivity index is 1.65. The van der Waals surface area contributed by atoms with Gasteiger partial charge in [0, 0.05) is 5.56 Å². The van der Waals surface area contributed by atoms with Crippen LogP contribution in [0.1, 0.15) is 47.1 Å². The summed E-state index contributed by atoms with van der Waals surface area (Å²) in [6.45, 7) is 4.12. The van der Waals surface area contributed by atoms with E-state index in [1.807, 2.05) is 30.3 Å². The number of esters is 1. The van der Waals surface area contributed by atoms with Crippen molar-refractivity contribution in [2.75, 3.05) is 0 Å². The Labute approximate surface area is 151 Å². The smallest absolute Gasteiger partial charge is 0.338 e. The maximum absolute atomic E-state index is 12.0. The highest BCUT2D eigenvalue weighted by molar-refractivity contribution is 5.89. The molecule has 0 N–H and O–H groups in total. The van der Waals surface area contributed by atoms with Crippen molar-refractivity contribution in [2.24, 2.45) is 0 Å². The molecule has 1 aromatic heterocycles. The van der Waals surface area contributed by atoms with Gasteiger partial charge in [-0.2, -0.15) is 10.2 Å². The van der Waals surface area contributed by atoms with Gasteiger partial charge in [0.1, 0.15) is 0 Å². The van der Waals surface area contributed by atoms with Crippen LogP contribution in [0.15, 0.2) is 53.1 Å². The summed E-state index contributed by atoms with van der Waals surface area (Å²) in [6.07, 6.45) is 0. The molecule has 130 valence electrons. The van der Waals surface area contributed by atoms with Gasteiger partial charge in [0.25, 0.3) is 5.89 Å². The van der Waals surface area contributed by atoms with E-state index in [0.29, 0.717) is 22.9 Å².